The Balaban J connectivity index is 1.88. The Labute approximate surface area is 175 Å². The normalized spacial score (nSPS) is 11.3. The summed E-state index contributed by atoms with van der Waals surface area (Å²) in [5.74, 6) is 0.253. The average molecular weight is 409 g/mol. The fraction of sp³-hybridized carbons (Fsp3) is 0.304. The zero-order valence-electron chi connectivity index (χ0n) is 18.1. The van der Waals surface area contributed by atoms with Crippen molar-refractivity contribution in [1.29, 1.82) is 0 Å². The number of hydrogen-bond acceptors (Lipinski definition) is 4. The summed E-state index contributed by atoms with van der Waals surface area (Å²) in [4.78, 5) is 28.4. The van der Waals surface area contributed by atoms with Gasteiger partial charge in [0.2, 0.25) is 0 Å². The van der Waals surface area contributed by atoms with Crippen molar-refractivity contribution in [2.75, 3.05) is 17.7 Å². The Hall–Kier alpha value is -3.48. The van der Waals surface area contributed by atoms with E-state index in [4.69, 9.17) is 9.47 Å². The second kappa shape index (κ2) is 8.10. The molecule has 0 saturated carbocycles. The van der Waals surface area contributed by atoms with Gasteiger partial charge in [0, 0.05) is 28.2 Å². The van der Waals surface area contributed by atoms with Crippen LogP contribution < -0.4 is 15.4 Å². The third-order valence-corrected chi connectivity index (χ3v) is 4.68. The molecule has 7 heteroatoms. The number of hydrogen-bond donors (Lipinski definition) is 3. The van der Waals surface area contributed by atoms with Crippen molar-refractivity contribution in [1.82, 2.24) is 4.98 Å². The molecule has 0 spiro atoms. The minimum absolute atomic E-state index is 0.296. The number of ether oxygens (including phenoxy) is 2. The fourth-order valence-electron chi connectivity index (χ4n) is 3.07. The standard InChI is InChI=1S/C23H27N3O4/c1-13-14(2)24-18-9-7-15(11-17(13)18)21(27)25-20-12-16(29-6)8-10-19(20)26-22(28)30-23(3,4)5/h7-12,24H,1-6H3,(H,25,27)(H,26,28). The molecule has 0 radical (unpaired) electrons. The number of carbonyl (C=O) groups excluding carboxylic acids is 2. The fourth-order valence-corrected chi connectivity index (χ4v) is 3.07. The van der Waals surface area contributed by atoms with Crippen molar-refractivity contribution in [2.45, 2.75) is 40.2 Å². The van der Waals surface area contributed by atoms with E-state index in [0.717, 1.165) is 22.2 Å². The molecule has 0 aliphatic rings. The first kappa shape index (κ1) is 21.2. The van der Waals surface area contributed by atoms with Gasteiger partial charge >= 0.3 is 6.09 Å². The van der Waals surface area contributed by atoms with Crippen molar-refractivity contribution < 1.29 is 19.1 Å². The van der Waals surface area contributed by atoms with Gasteiger partial charge in [-0.1, -0.05) is 0 Å². The zero-order valence-corrected chi connectivity index (χ0v) is 18.1. The SMILES string of the molecule is COc1ccc(NC(=O)OC(C)(C)C)c(NC(=O)c2ccc3[nH]c(C)c(C)c3c2)c1. The molecule has 1 aromatic heterocycles. The molecular weight excluding hydrogens is 382 g/mol. The van der Waals surface area contributed by atoms with Crippen LogP contribution in [-0.2, 0) is 4.74 Å². The summed E-state index contributed by atoms with van der Waals surface area (Å²) in [7, 11) is 1.53. The number of fused-ring (bicyclic) bond motifs is 1. The van der Waals surface area contributed by atoms with Gasteiger partial charge in [-0.2, -0.15) is 0 Å². The lowest BCUT2D eigenvalue weighted by Crippen LogP contribution is -2.27. The highest BCUT2D eigenvalue weighted by molar-refractivity contribution is 6.08. The number of aromatic nitrogens is 1. The smallest absolute Gasteiger partial charge is 0.412 e. The summed E-state index contributed by atoms with van der Waals surface area (Å²) in [6.07, 6.45) is -0.608. The molecule has 2 amide bonds. The number of aryl methyl sites for hydroxylation is 2. The van der Waals surface area contributed by atoms with Crippen molar-refractivity contribution >= 4 is 34.3 Å². The monoisotopic (exact) mass is 409 g/mol. The Morgan fingerprint density at radius 1 is 0.967 bits per heavy atom. The van der Waals surface area contributed by atoms with Crippen LogP contribution in [0.25, 0.3) is 10.9 Å². The molecule has 0 bridgehead atoms. The minimum Gasteiger partial charge on any atom is -0.497 e. The van der Waals surface area contributed by atoms with Gasteiger partial charge in [0.15, 0.2) is 0 Å². The van der Waals surface area contributed by atoms with Crippen LogP contribution in [0, 0.1) is 13.8 Å². The molecule has 0 saturated heterocycles. The van der Waals surface area contributed by atoms with Crippen LogP contribution in [0.4, 0.5) is 16.2 Å². The lowest BCUT2D eigenvalue weighted by Gasteiger charge is -2.20. The molecule has 30 heavy (non-hydrogen) atoms. The topological polar surface area (TPSA) is 92.4 Å². The second-order valence-electron chi connectivity index (χ2n) is 8.13. The summed E-state index contributed by atoms with van der Waals surface area (Å²) in [6, 6.07) is 10.5. The minimum atomic E-state index is -0.637. The molecule has 0 aliphatic heterocycles. The molecule has 0 atom stereocenters. The number of benzene rings is 2. The molecular formula is C23H27N3O4. The summed E-state index contributed by atoms with van der Waals surface area (Å²) >= 11 is 0. The average Bonchev–Trinajstić information content (AvgIpc) is 2.95. The maximum absolute atomic E-state index is 12.9. The van der Waals surface area contributed by atoms with Gasteiger partial charge in [-0.25, -0.2) is 4.79 Å². The van der Waals surface area contributed by atoms with E-state index in [0.29, 0.717) is 22.7 Å². The van der Waals surface area contributed by atoms with E-state index in [9.17, 15) is 9.59 Å². The van der Waals surface area contributed by atoms with Gasteiger partial charge in [0.25, 0.3) is 5.91 Å². The van der Waals surface area contributed by atoms with E-state index >= 15 is 0 Å². The van der Waals surface area contributed by atoms with Gasteiger partial charge in [0.1, 0.15) is 11.4 Å². The number of aromatic amines is 1. The molecule has 1 heterocycles. The first-order valence-electron chi connectivity index (χ1n) is 9.65. The van der Waals surface area contributed by atoms with Crippen LogP contribution in [0.5, 0.6) is 5.75 Å². The quantitative estimate of drug-likeness (QED) is 0.538. The van der Waals surface area contributed by atoms with Gasteiger partial charge in [0.05, 0.1) is 18.5 Å². The molecule has 2 aromatic carbocycles. The molecule has 3 N–H and O–H groups in total. The molecule has 158 valence electrons. The number of H-pyrrole nitrogens is 1. The highest BCUT2D eigenvalue weighted by Crippen LogP contribution is 2.29. The van der Waals surface area contributed by atoms with E-state index in [1.807, 2.05) is 26.0 Å². The lowest BCUT2D eigenvalue weighted by molar-refractivity contribution is 0.0635. The largest absolute Gasteiger partial charge is 0.497 e. The van der Waals surface area contributed by atoms with Crippen molar-refractivity contribution in [3.63, 3.8) is 0 Å². The summed E-state index contributed by atoms with van der Waals surface area (Å²) in [5, 5.41) is 6.54. The second-order valence-corrected chi connectivity index (χ2v) is 8.13. The molecule has 3 rings (SSSR count). The van der Waals surface area contributed by atoms with E-state index in [-0.39, 0.29) is 5.91 Å². The summed E-state index contributed by atoms with van der Waals surface area (Å²) in [5.41, 5.74) is 3.85. The Morgan fingerprint density at radius 2 is 1.70 bits per heavy atom. The van der Waals surface area contributed by atoms with E-state index in [1.54, 1.807) is 45.0 Å². The summed E-state index contributed by atoms with van der Waals surface area (Å²) in [6.45, 7) is 9.36. The predicted octanol–water partition coefficient (Wildman–Crippen LogP) is 5.39. The Bertz CT molecular complexity index is 1110. The van der Waals surface area contributed by atoms with Crippen LogP contribution in [0.2, 0.25) is 0 Å². The summed E-state index contributed by atoms with van der Waals surface area (Å²) < 4.78 is 10.6. The van der Waals surface area contributed by atoms with Gasteiger partial charge < -0.3 is 19.8 Å². The van der Waals surface area contributed by atoms with E-state index < -0.39 is 11.7 Å². The van der Waals surface area contributed by atoms with Crippen molar-refractivity contribution in [3.8, 4) is 5.75 Å². The molecule has 7 nitrogen and oxygen atoms in total. The van der Waals surface area contributed by atoms with Crippen molar-refractivity contribution in [2.24, 2.45) is 0 Å². The number of anilines is 2. The molecule has 0 aliphatic carbocycles. The third-order valence-electron chi connectivity index (χ3n) is 4.68. The first-order valence-corrected chi connectivity index (χ1v) is 9.65. The maximum atomic E-state index is 12.9. The highest BCUT2D eigenvalue weighted by atomic mass is 16.6. The van der Waals surface area contributed by atoms with Crippen LogP contribution in [-0.4, -0.2) is 29.7 Å². The Morgan fingerprint density at radius 3 is 2.37 bits per heavy atom. The zero-order chi connectivity index (χ0) is 22.1. The first-order chi connectivity index (χ1) is 14.1. The highest BCUT2D eigenvalue weighted by Gasteiger charge is 2.19. The van der Waals surface area contributed by atoms with Gasteiger partial charge in [-0.15, -0.1) is 0 Å². The number of rotatable bonds is 4. The number of carbonyl (C=O) groups is 2. The van der Waals surface area contributed by atoms with Crippen LogP contribution in [0.15, 0.2) is 36.4 Å². The van der Waals surface area contributed by atoms with Crippen LogP contribution in [0.3, 0.4) is 0 Å². The van der Waals surface area contributed by atoms with Crippen LogP contribution >= 0.6 is 0 Å². The predicted molar refractivity (Wildman–Crippen MR) is 119 cm³/mol. The van der Waals surface area contributed by atoms with E-state index in [2.05, 4.69) is 15.6 Å². The lowest BCUT2D eigenvalue weighted by atomic mass is 10.1. The Kier molecular flexibility index (Phi) is 5.73. The van der Waals surface area contributed by atoms with Crippen LogP contribution in [0.1, 0.15) is 42.4 Å². The number of amides is 2. The maximum Gasteiger partial charge on any atom is 0.412 e. The van der Waals surface area contributed by atoms with E-state index in [1.165, 1.54) is 7.11 Å². The molecule has 0 unspecified atom stereocenters. The molecule has 0 fully saturated rings. The molecule has 3 aromatic rings. The van der Waals surface area contributed by atoms with Gasteiger partial charge in [-0.05, 0) is 70.5 Å². The third kappa shape index (κ3) is 4.74. The number of methoxy groups -OCH3 is 1. The number of nitrogens with one attached hydrogen (secondary N) is 3. The van der Waals surface area contributed by atoms with Gasteiger partial charge in [-0.3, -0.25) is 10.1 Å². The van der Waals surface area contributed by atoms with Crippen molar-refractivity contribution in [3.05, 3.63) is 53.2 Å².